The van der Waals surface area contributed by atoms with Gasteiger partial charge in [0, 0.05) is 5.69 Å². The number of amides is 1. The molecule has 1 N–H and O–H groups in total. The van der Waals surface area contributed by atoms with Gasteiger partial charge in [-0.1, -0.05) is 29.3 Å². The second-order valence-electron chi connectivity index (χ2n) is 7.10. The second kappa shape index (κ2) is 11.8. The van der Waals surface area contributed by atoms with Gasteiger partial charge in [0.05, 0.1) is 23.8 Å². The summed E-state index contributed by atoms with van der Waals surface area (Å²) in [6.45, 7) is 1.94. The lowest BCUT2D eigenvalue weighted by atomic mass is 10.1. The van der Waals surface area contributed by atoms with Gasteiger partial charge in [0.15, 0.2) is 11.5 Å². The van der Waals surface area contributed by atoms with Crippen molar-refractivity contribution >= 4 is 51.0 Å². The first-order valence-electron chi connectivity index (χ1n) is 10.4. The number of benzene rings is 3. The first-order chi connectivity index (χ1) is 17.2. The third-order valence-electron chi connectivity index (χ3n) is 4.67. The van der Waals surface area contributed by atoms with Crippen LogP contribution in [0.5, 0.6) is 17.2 Å². The average Bonchev–Trinajstić information content (AvgIpc) is 2.86. The van der Waals surface area contributed by atoms with Crippen LogP contribution in [0.1, 0.15) is 12.5 Å². The molecule has 0 unspecified atom stereocenters. The fraction of sp³-hybridized carbons (Fsp3) is 0.120. The molecule has 0 aromatic heterocycles. The van der Waals surface area contributed by atoms with Crippen LogP contribution in [0.15, 0.2) is 71.1 Å². The van der Waals surface area contributed by atoms with Crippen LogP contribution in [0.3, 0.4) is 0 Å². The molecule has 3 aromatic carbocycles. The van der Waals surface area contributed by atoms with Gasteiger partial charge in [0.2, 0.25) is 0 Å². The molecule has 0 spiro atoms. The van der Waals surface area contributed by atoms with Crippen LogP contribution in [0, 0.1) is 11.3 Å². The predicted molar refractivity (Wildman–Crippen MR) is 137 cm³/mol. The van der Waals surface area contributed by atoms with E-state index in [2.05, 4.69) is 5.32 Å². The van der Waals surface area contributed by atoms with E-state index in [0.29, 0.717) is 22.0 Å². The zero-order valence-electron chi connectivity index (χ0n) is 19.1. The van der Waals surface area contributed by atoms with Gasteiger partial charge in [0.25, 0.3) is 5.91 Å². The molecule has 0 saturated carbocycles. The lowest BCUT2D eigenvalue weighted by molar-refractivity contribution is -0.112. The molecule has 3 rings (SSSR count). The van der Waals surface area contributed by atoms with E-state index in [0.717, 1.165) is 0 Å². The lowest BCUT2D eigenvalue weighted by Crippen LogP contribution is -2.13. The fourth-order valence-corrected chi connectivity index (χ4v) is 4.19. The molecular weight excluding hydrogens is 527 g/mol. The molecule has 0 fully saturated rings. The molecule has 36 heavy (non-hydrogen) atoms. The molecule has 186 valence electrons. The summed E-state index contributed by atoms with van der Waals surface area (Å²) >= 11 is 11.8. The number of carbonyl (C=O) groups excluding carboxylic acids is 1. The van der Waals surface area contributed by atoms with Crippen LogP contribution >= 0.6 is 23.2 Å². The van der Waals surface area contributed by atoms with Crippen molar-refractivity contribution in [3.63, 3.8) is 0 Å². The molecule has 0 aliphatic carbocycles. The molecule has 0 aliphatic heterocycles. The molecule has 11 heteroatoms. The predicted octanol–water partition coefficient (Wildman–Crippen LogP) is 5.71. The van der Waals surface area contributed by atoms with Crippen LogP contribution in [0.2, 0.25) is 10.0 Å². The van der Waals surface area contributed by atoms with Crippen molar-refractivity contribution in [2.45, 2.75) is 11.8 Å². The first kappa shape index (κ1) is 26.9. The van der Waals surface area contributed by atoms with Gasteiger partial charge in [-0.05, 0) is 73.2 Å². The minimum atomic E-state index is -4.16. The standard InChI is InChI=1S/C25H20Cl2N2O6S/c1-3-34-24-13-16(12-17(15-28)25(30)29-18-5-10-21(26)22(27)14-18)4-11-23(24)35-36(31,32)20-8-6-19(33-2)7-9-20/h4-14H,3H2,1-2H3,(H,29,30)/b17-12+. The Morgan fingerprint density at radius 1 is 1.03 bits per heavy atom. The summed E-state index contributed by atoms with van der Waals surface area (Å²) in [5.74, 6) is -0.109. The minimum absolute atomic E-state index is 0.0522. The Hall–Kier alpha value is -3.71. The molecule has 0 radical (unpaired) electrons. The van der Waals surface area contributed by atoms with E-state index in [1.807, 2.05) is 6.07 Å². The summed E-state index contributed by atoms with van der Waals surface area (Å²) in [7, 11) is -2.69. The van der Waals surface area contributed by atoms with E-state index in [-0.39, 0.29) is 33.6 Å². The van der Waals surface area contributed by atoms with Crippen LogP contribution in [-0.4, -0.2) is 28.0 Å². The SMILES string of the molecule is CCOc1cc(/C=C(\C#N)C(=O)Nc2ccc(Cl)c(Cl)c2)ccc1OS(=O)(=O)c1ccc(OC)cc1. The van der Waals surface area contributed by atoms with Gasteiger partial charge in [-0.2, -0.15) is 13.7 Å². The van der Waals surface area contributed by atoms with Crippen molar-refractivity contribution in [1.29, 1.82) is 5.26 Å². The van der Waals surface area contributed by atoms with Gasteiger partial charge in [-0.15, -0.1) is 0 Å². The third-order valence-corrected chi connectivity index (χ3v) is 6.66. The number of nitrogens with one attached hydrogen (secondary N) is 1. The highest BCUT2D eigenvalue weighted by atomic mass is 35.5. The van der Waals surface area contributed by atoms with Crippen molar-refractivity contribution in [2.24, 2.45) is 0 Å². The Bertz CT molecular complexity index is 1450. The molecule has 8 nitrogen and oxygen atoms in total. The zero-order valence-corrected chi connectivity index (χ0v) is 21.4. The smallest absolute Gasteiger partial charge is 0.339 e. The van der Waals surface area contributed by atoms with E-state index < -0.39 is 16.0 Å². The summed E-state index contributed by atoms with van der Waals surface area (Å²) in [5.41, 5.74) is 0.564. The number of halogens is 2. The van der Waals surface area contributed by atoms with Gasteiger partial charge in [-0.25, -0.2) is 0 Å². The summed E-state index contributed by atoms with van der Waals surface area (Å²) in [5, 5.41) is 12.7. The summed E-state index contributed by atoms with van der Waals surface area (Å²) in [6.07, 6.45) is 1.33. The maximum absolute atomic E-state index is 12.7. The van der Waals surface area contributed by atoms with Crippen LogP contribution in [0.25, 0.3) is 6.08 Å². The van der Waals surface area contributed by atoms with E-state index in [9.17, 15) is 18.5 Å². The average molecular weight is 547 g/mol. The Kier molecular flexibility index (Phi) is 8.83. The number of nitrogens with zero attached hydrogens (tertiary/aromatic N) is 1. The van der Waals surface area contributed by atoms with Crippen molar-refractivity contribution in [3.05, 3.63) is 81.8 Å². The quantitative estimate of drug-likeness (QED) is 0.207. The number of rotatable bonds is 9. The van der Waals surface area contributed by atoms with Crippen LogP contribution in [0.4, 0.5) is 5.69 Å². The van der Waals surface area contributed by atoms with E-state index in [1.54, 1.807) is 13.0 Å². The van der Waals surface area contributed by atoms with Gasteiger partial charge < -0.3 is 19.0 Å². The number of hydrogen-bond donors (Lipinski definition) is 1. The Morgan fingerprint density at radius 3 is 2.36 bits per heavy atom. The highest BCUT2D eigenvalue weighted by Crippen LogP contribution is 2.32. The van der Waals surface area contributed by atoms with Crippen molar-refractivity contribution in [1.82, 2.24) is 0 Å². The maximum Gasteiger partial charge on any atom is 0.339 e. The maximum atomic E-state index is 12.7. The number of hydrogen-bond acceptors (Lipinski definition) is 7. The molecular formula is C25H20Cl2N2O6S. The first-order valence-corrected chi connectivity index (χ1v) is 12.6. The monoisotopic (exact) mass is 546 g/mol. The van der Waals surface area contributed by atoms with Gasteiger partial charge in [-0.3, -0.25) is 4.79 Å². The molecule has 3 aromatic rings. The Labute approximate surface area is 218 Å². The summed E-state index contributed by atoms with van der Waals surface area (Å²) in [4.78, 5) is 12.5. The van der Waals surface area contributed by atoms with Crippen molar-refractivity contribution in [2.75, 3.05) is 19.0 Å². The Morgan fingerprint density at radius 2 is 1.75 bits per heavy atom. The van der Waals surface area contributed by atoms with E-state index >= 15 is 0 Å². The fourth-order valence-electron chi connectivity index (χ4n) is 2.95. The largest absolute Gasteiger partial charge is 0.497 e. The Balaban J connectivity index is 1.86. The highest BCUT2D eigenvalue weighted by Gasteiger charge is 2.20. The molecule has 0 aliphatic rings. The zero-order chi connectivity index (χ0) is 26.3. The highest BCUT2D eigenvalue weighted by molar-refractivity contribution is 7.87. The van der Waals surface area contributed by atoms with Gasteiger partial charge >= 0.3 is 10.1 Å². The molecule has 1 amide bonds. The van der Waals surface area contributed by atoms with Crippen molar-refractivity contribution in [3.8, 4) is 23.3 Å². The van der Waals surface area contributed by atoms with Crippen LogP contribution in [-0.2, 0) is 14.9 Å². The minimum Gasteiger partial charge on any atom is -0.497 e. The number of ether oxygens (including phenoxy) is 2. The second-order valence-corrected chi connectivity index (χ2v) is 9.47. The number of anilines is 1. The summed E-state index contributed by atoms with van der Waals surface area (Å²) in [6, 6.07) is 16.4. The van der Waals surface area contributed by atoms with E-state index in [1.165, 1.54) is 67.8 Å². The molecule has 0 saturated heterocycles. The number of methoxy groups -OCH3 is 1. The lowest BCUT2D eigenvalue weighted by Gasteiger charge is -2.13. The van der Waals surface area contributed by atoms with Crippen LogP contribution < -0.4 is 19.0 Å². The molecule has 0 bridgehead atoms. The van der Waals surface area contributed by atoms with Gasteiger partial charge in [0.1, 0.15) is 22.3 Å². The normalized spacial score (nSPS) is 11.4. The topological polar surface area (TPSA) is 115 Å². The van der Waals surface area contributed by atoms with E-state index in [4.69, 9.17) is 36.9 Å². The number of nitriles is 1. The number of carbonyl (C=O) groups is 1. The summed E-state index contributed by atoms with van der Waals surface area (Å²) < 4.78 is 41.3. The third kappa shape index (κ3) is 6.70. The molecule has 0 atom stereocenters. The van der Waals surface area contributed by atoms with Crippen molar-refractivity contribution < 1.29 is 26.9 Å². The molecule has 0 heterocycles.